The van der Waals surface area contributed by atoms with Crippen LogP contribution in [0.25, 0.3) is 0 Å². The molecule has 0 N–H and O–H groups in total. The van der Waals surface area contributed by atoms with Crippen molar-refractivity contribution < 1.29 is 0 Å². The van der Waals surface area contributed by atoms with Crippen LogP contribution in [0.4, 0.5) is 0 Å². The molecule has 0 amide bonds. The Morgan fingerprint density at radius 3 is 2.36 bits per heavy atom. The first-order valence-corrected chi connectivity index (χ1v) is 6.02. The third kappa shape index (κ3) is 1.82. The van der Waals surface area contributed by atoms with Crippen LogP contribution in [0.1, 0.15) is 46.0 Å². The summed E-state index contributed by atoms with van der Waals surface area (Å²) in [6.45, 7) is 11.1. The molecule has 2 aliphatic rings. The van der Waals surface area contributed by atoms with Gasteiger partial charge in [-0.15, -0.1) is 0 Å². The number of likely N-dealkylation sites (tertiary alicyclic amines) is 1. The Morgan fingerprint density at radius 1 is 1.29 bits per heavy atom. The van der Waals surface area contributed by atoms with Crippen LogP contribution < -0.4 is 0 Å². The minimum absolute atomic E-state index is 0.728. The average molecular weight is 193 g/mol. The van der Waals surface area contributed by atoms with Crippen molar-refractivity contribution >= 4 is 0 Å². The lowest BCUT2D eigenvalue weighted by Crippen LogP contribution is -2.37. The third-order valence-electron chi connectivity index (χ3n) is 4.31. The van der Waals surface area contributed by atoms with Gasteiger partial charge in [-0.25, -0.2) is 0 Å². The summed E-state index contributed by atoms with van der Waals surface area (Å²) in [5.41, 5.74) is 1.98. The molecule has 80 valence electrons. The molecule has 14 heavy (non-hydrogen) atoms. The van der Waals surface area contributed by atoms with E-state index in [-0.39, 0.29) is 0 Å². The molecule has 1 unspecified atom stereocenters. The number of rotatable bonds is 1. The van der Waals surface area contributed by atoms with Crippen molar-refractivity contribution in [2.24, 2.45) is 11.3 Å². The van der Waals surface area contributed by atoms with Crippen molar-refractivity contribution in [1.82, 2.24) is 4.90 Å². The van der Waals surface area contributed by atoms with E-state index in [2.05, 4.69) is 25.3 Å². The molecule has 1 heterocycles. The summed E-state index contributed by atoms with van der Waals surface area (Å²) >= 11 is 0. The van der Waals surface area contributed by atoms with Gasteiger partial charge in [-0.1, -0.05) is 19.9 Å². The van der Waals surface area contributed by atoms with Gasteiger partial charge in [0, 0.05) is 18.8 Å². The zero-order chi connectivity index (χ0) is 10.2. The number of hydrogen-bond acceptors (Lipinski definition) is 1. The van der Waals surface area contributed by atoms with E-state index in [9.17, 15) is 0 Å². The molecule has 1 spiro atoms. The van der Waals surface area contributed by atoms with Gasteiger partial charge in [-0.05, 0) is 43.9 Å². The lowest BCUT2D eigenvalue weighted by atomic mass is 9.76. The van der Waals surface area contributed by atoms with Gasteiger partial charge in [-0.3, -0.25) is 0 Å². The van der Waals surface area contributed by atoms with E-state index in [1.807, 2.05) is 0 Å². The molecular weight excluding hydrogens is 170 g/mol. The van der Waals surface area contributed by atoms with E-state index >= 15 is 0 Å². The highest BCUT2D eigenvalue weighted by Crippen LogP contribution is 2.48. The quantitative estimate of drug-likeness (QED) is 0.617. The maximum absolute atomic E-state index is 4.03. The van der Waals surface area contributed by atoms with E-state index in [0.29, 0.717) is 0 Å². The lowest BCUT2D eigenvalue weighted by molar-refractivity contribution is 0.129. The largest absolute Gasteiger partial charge is 0.375 e. The molecule has 1 aliphatic heterocycles. The van der Waals surface area contributed by atoms with E-state index in [4.69, 9.17) is 0 Å². The summed E-state index contributed by atoms with van der Waals surface area (Å²) < 4.78 is 0. The van der Waals surface area contributed by atoms with E-state index in [1.165, 1.54) is 50.9 Å². The molecule has 0 aromatic heterocycles. The first kappa shape index (κ1) is 10.1. The molecule has 2 fully saturated rings. The van der Waals surface area contributed by atoms with Gasteiger partial charge < -0.3 is 4.90 Å². The van der Waals surface area contributed by atoms with E-state index in [0.717, 1.165) is 11.3 Å². The minimum atomic E-state index is 0.728. The van der Waals surface area contributed by atoms with Gasteiger partial charge in [0.25, 0.3) is 0 Å². The molecule has 1 heteroatoms. The maximum Gasteiger partial charge on any atom is 0.0180 e. The zero-order valence-corrected chi connectivity index (χ0v) is 9.68. The summed E-state index contributed by atoms with van der Waals surface area (Å²) in [7, 11) is 0. The molecule has 0 radical (unpaired) electrons. The molecule has 2 rings (SSSR count). The SMILES string of the molecule is C=C(C)N1CCC2(CCC(C)C2)CC1. The van der Waals surface area contributed by atoms with Gasteiger partial charge in [-0.2, -0.15) is 0 Å². The second kappa shape index (κ2) is 3.60. The molecule has 1 aliphatic carbocycles. The average Bonchev–Trinajstić information content (AvgIpc) is 2.48. The fourth-order valence-electron chi connectivity index (χ4n) is 3.31. The fraction of sp³-hybridized carbons (Fsp3) is 0.846. The second-order valence-corrected chi connectivity index (χ2v) is 5.57. The first-order chi connectivity index (χ1) is 6.61. The summed E-state index contributed by atoms with van der Waals surface area (Å²) in [4.78, 5) is 2.45. The van der Waals surface area contributed by atoms with Crippen LogP contribution in [-0.4, -0.2) is 18.0 Å². The highest BCUT2D eigenvalue weighted by Gasteiger charge is 2.39. The van der Waals surface area contributed by atoms with Crippen molar-refractivity contribution in [3.05, 3.63) is 12.3 Å². The number of allylic oxidation sites excluding steroid dienone is 1. The van der Waals surface area contributed by atoms with Gasteiger partial charge in [0.2, 0.25) is 0 Å². The number of piperidine rings is 1. The number of nitrogens with zero attached hydrogens (tertiary/aromatic N) is 1. The third-order valence-corrected chi connectivity index (χ3v) is 4.31. The predicted octanol–water partition coefficient (Wildman–Crippen LogP) is 3.42. The summed E-state index contributed by atoms with van der Waals surface area (Å²) in [5.74, 6) is 0.978. The van der Waals surface area contributed by atoms with Crippen LogP contribution in [0.15, 0.2) is 12.3 Å². The molecule has 1 nitrogen and oxygen atoms in total. The highest BCUT2D eigenvalue weighted by atomic mass is 15.1. The van der Waals surface area contributed by atoms with Crippen molar-refractivity contribution in [1.29, 1.82) is 0 Å². The topological polar surface area (TPSA) is 3.24 Å². The Kier molecular flexibility index (Phi) is 2.59. The Labute approximate surface area is 88.2 Å². The Bertz CT molecular complexity index is 223. The predicted molar refractivity (Wildman–Crippen MR) is 61.1 cm³/mol. The van der Waals surface area contributed by atoms with Crippen LogP contribution in [0.3, 0.4) is 0 Å². The van der Waals surface area contributed by atoms with Crippen molar-refractivity contribution in [3.63, 3.8) is 0 Å². The minimum Gasteiger partial charge on any atom is -0.375 e. The molecule has 1 atom stereocenters. The fourth-order valence-corrected chi connectivity index (χ4v) is 3.31. The van der Waals surface area contributed by atoms with Crippen molar-refractivity contribution in [2.75, 3.05) is 13.1 Å². The first-order valence-electron chi connectivity index (χ1n) is 6.02. The molecular formula is C13H23N. The van der Waals surface area contributed by atoms with Crippen LogP contribution >= 0.6 is 0 Å². The summed E-state index contributed by atoms with van der Waals surface area (Å²) in [6, 6.07) is 0. The van der Waals surface area contributed by atoms with Crippen LogP contribution in [0.5, 0.6) is 0 Å². The van der Waals surface area contributed by atoms with Crippen LogP contribution in [0.2, 0.25) is 0 Å². The standard InChI is InChI=1S/C13H23N/c1-11(2)14-8-6-13(7-9-14)5-4-12(3)10-13/h12H,1,4-10H2,2-3H3. The summed E-state index contributed by atoms with van der Waals surface area (Å²) in [5, 5.41) is 0. The van der Waals surface area contributed by atoms with Gasteiger partial charge in [0.1, 0.15) is 0 Å². The van der Waals surface area contributed by atoms with Crippen LogP contribution in [-0.2, 0) is 0 Å². The lowest BCUT2D eigenvalue weighted by Gasteiger charge is -2.40. The molecule has 1 saturated carbocycles. The van der Waals surface area contributed by atoms with Crippen molar-refractivity contribution in [2.45, 2.75) is 46.0 Å². The van der Waals surface area contributed by atoms with Gasteiger partial charge in [0.05, 0.1) is 0 Å². The molecule has 0 aromatic carbocycles. The van der Waals surface area contributed by atoms with Gasteiger partial charge in [0.15, 0.2) is 0 Å². The normalized spacial score (nSPS) is 31.0. The second-order valence-electron chi connectivity index (χ2n) is 5.57. The van der Waals surface area contributed by atoms with Gasteiger partial charge >= 0.3 is 0 Å². The molecule has 0 bridgehead atoms. The Hall–Kier alpha value is -0.460. The molecule has 1 saturated heterocycles. The zero-order valence-electron chi connectivity index (χ0n) is 9.68. The van der Waals surface area contributed by atoms with Crippen LogP contribution in [0, 0.1) is 11.3 Å². The maximum atomic E-state index is 4.03. The van der Waals surface area contributed by atoms with E-state index in [1.54, 1.807) is 0 Å². The smallest absolute Gasteiger partial charge is 0.0180 e. The van der Waals surface area contributed by atoms with E-state index < -0.39 is 0 Å². The van der Waals surface area contributed by atoms with Crippen molar-refractivity contribution in [3.8, 4) is 0 Å². The Balaban J connectivity index is 1.92. The monoisotopic (exact) mass is 193 g/mol. The Morgan fingerprint density at radius 2 is 1.93 bits per heavy atom. The number of hydrogen-bond donors (Lipinski definition) is 0. The molecule has 0 aromatic rings. The summed E-state index contributed by atoms with van der Waals surface area (Å²) in [6.07, 6.45) is 7.25. The highest BCUT2D eigenvalue weighted by molar-refractivity contribution is 4.97.